The maximum atomic E-state index is 6.61. The molecule has 0 unspecified atom stereocenters. The Balaban J connectivity index is 1.14. The van der Waals surface area contributed by atoms with Crippen LogP contribution in [0.3, 0.4) is 0 Å². The van der Waals surface area contributed by atoms with E-state index in [-0.39, 0.29) is 0 Å². The molecule has 0 N–H and O–H groups in total. The van der Waals surface area contributed by atoms with Crippen LogP contribution in [0.25, 0.3) is 85.9 Å². The number of furan rings is 1. The van der Waals surface area contributed by atoms with Crippen molar-refractivity contribution >= 4 is 92.1 Å². The summed E-state index contributed by atoms with van der Waals surface area (Å²) in [6.45, 7) is 0. The highest BCUT2D eigenvalue weighted by Gasteiger charge is 2.22. The van der Waals surface area contributed by atoms with Crippen LogP contribution < -0.4 is 4.90 Å². The van der Waals surface area contributed by atoms with Crippen molar-refractivity contribution in [3.63, 3.8) is 0 Å². The second-order valence-electron chi connectivity index (χ2n) is 13.6. The van der Waals surface area contributed by atoms with Gasteiger partial charge in [0.1, 0.15) is 11.2 Å². The summed E-state index contributed by atoms with van der Waals surface area (Å²) in [7, 11) is 0. The molecule has 3 heteroatoms. The van der Waals surface area contributed by atoms with E-state index in [2.05, 4.69) is 187 Å². The van der Waals surface area contributed by atoms with Crippen molar-refractivity contribution < 1.29 is 4.42 Å². The van der Waals surface area contributed by atoms with Crippen LogP contribution in [0.2, 0.25) is 0 Å². The van der Waals surface area contributed by atoms with Gasteiger partial charge in [0, 0.05) is 47.6 Å². The first kappa shape index (κ1) is 30.0. The van der Waals surface area contributed by atoms with Gasteiger partial charge >= 0.3 is 0 Å². The highest BCUT2D eigenvalue weighted by Crippen LogP contribution is 2.48. The van der Waals surface area contributed by atoms with E-state index in [1.807, 2.05) is 17.4 Å². The molecule has 0 aliphatic rings. The summed E-state index contributed by atoms with van der Waals surface area (Å²) in [5.74, 6) is 0. The van der Waals surface area contributed by atoms with Crippen LogP contribution >= 0.6 is 11.3 Å². The number of benzene rings is 9. The number of para-hydroxylation sites is 1. The Kier molecular flexibility index (Phi) is 6.76. The molecule has 0 atom stereocenters. The smallest absolute Gasteiger partial charge is 0.143 e. The van der Waals surface area contributed by atoms with Crippen LogP contribution in [-0.4, -0.2) is 0 Å². The first-order chi connectivity index (χ1) is 26.3. The highest BCUT2D eigenvalue weighted by atomic mass is 32.1. The molecule has 0 saturated carbocycles. The van der Waals surface area contributed by atoms with E-state index in [0.29, 0.717) is 0 Å². The minimum Gasteiger partial charge on any atom is -0.455 e. The average Bonchev–Trinajstić information content (AvgIpc) is 3.81. The van der Waals surface area contributed by atoms with Gasteiger partial charge in [0.05, 0.1) is 11.4 Å². The lowest BCUT2D eigenvalue weighted by Crippen LogP contribution is -2.11. The van der Waals surface area contributed by atoms with Crippen molar-refractivity contribution in [2.24, 2.45) is 0 Å². The second kappa shape index (κ2) is 11.9. The molecule has 0 amide bonds. The molecule has 0 bridgehead atoms. The lowest BCUT2D eigenvalue weighted by Gasteiger charge is -2.28. The van der Waals surface area contributed by atoms with E-state index >= 15 is 0 Å². The third-order valence-electron chi connectivity index (χ3n) is 10.7. The van der Waals surface area contributed by atoms with Crippen LogP contribution in [0, 0.1) is 0 Å². The fourth-order valence-corrected chi connectivity index (χ4v) is 9.40. The Labute approximate surface area is 310 Å². The third kappa shape index (κ3) is 4.71. The summed E-state index contributed by atoms with van der Waals surface area (Å²) in [5.41, 5.74) is 9.79. The number of fused-ring (bicyclic) bond motifs is 9. The van der Waals surface area contributed by atoms with Gasteiger partial charge < -0.3 is 9.32 Å². The molecule has 11 aromatic rings. The normalized spacial score (nSPS) is 11.8. The molecule has 11 rings (SSSR count). The van der Waals surface area contributed by atoms with Crippen LogP contribution in [0.1, 0.15) is 0 Å². The van der Waals surface area contributed by atoms with Gasteiger partial charge in [-0.2, -0.15) is 0 Å². The zero-order chi connectivity index (χ0) is 34.9. The van der Waals surface area contributed by atoms with Crippen molar-refractivity contribution in [2.45, 2.75) is 0 Å². The lowest BCUT2D eigenvalue weighted by molar-refractivity contribution is 0.670. The monoisotopic (exact) mass is 693 g/mol. The Hall–Kier alpha value is -6.68. The Morgan fingerprint density at radius 1 is 0.377 bits per heavy atom. The summed E-state index contributed by atoms with van der Waals surface area (Å²) in [5, 5.41) is 9.79. The molecule has 0 aliphatic carbocycles. The van der Waals surface area contributed by atoms with Crippen molar-refractivity contribution in [1.29, 1.82) is 0 Å². The van der Waals surface area contributed by atoms with Crippen molar-refractivity contribution in [3.8, 4) is 22.3 Å². The Morgan fingerprint density at radius 3 is 1.92 bits per heavy atom. The van der Waals surface area contributed by atoms with Crippen LogP contribution in [0.5, 0.6) is 0 Å². The second-order valence-corrected chi connectivity index (χ2v) is 14.7. The molecule has 0 aliphatic heterocycles. The zero-order valence-corrected chi connectivity index (χ0v) is 29.5. The molecule has 2 heterocycles. The topological polar surface area (TPSA) is 16.4 Å². The van der Waals surface area contributed by atoms with Crippen molar-refractivity contribution in [1.82, 2.24) is 0 Å². The molecule has 2 aromatic heterocycles. The molecule has 53 heavy (non-hydrogen) atoms. The van der Waals surface area contributed by atoms with Gasteiger partial charge in [0.2, 0.25) is 0 Å². The average molecular weight is 694 g/mol. The molecule has 2 nitrogen and oxygen atoms in total. The number of nitrogens with zero attached hydrogens (tertiary/aromatic N) is 1. The van der Waals surface area contributed by atoms with E-state index < -0.39 is 0 Å². The first-order valence-corrected chi connectivity index (χ1v) is 18.8. The van der Waals surface area contributed by atoms with Crippen LogP contribution in [0.4, 0.5) is 17.1 Å². The van der Waals surface area contributed by atoms with E-state index in [1.165, 1.54) is 47.4 Å². The molecular weight excluding hydrogens is 663 g/mol. The number of anilines is 3. The van der Waals surface area contributed by atoms with E-state index in [9.17, 15) is 0 Å². The maximum Gasteiger partial charge on any atom is 0.143 e. The Morgan fingerprint density at radius 2 is 1.04 bits per heavy atom. The van der Waals surface area contributed by atoms with E-state index in [1.54, 1.807) is 0 Å². The molecular formula is C50H31NOS. The SMILES string of the molecule is c1ccc(-c2ccc(-c3ccc(N(c4cccc5c4ccc4ccccc45)c4cccc5sc6ccccc6c45)cc3)c3c2oc2ccccc23)cc1. The summed E-state index contributed by atoms with van der Waals surface area (Å²) in [6, 6.07) is 67.9. The van der Waals surface area contributed by atoms with Gasteiger partial charge in [-0.15, -0.1) is 11.3 Å². The van der Waals surface area contributed by atoms with Gasteiger partial charge in [-0.1, -0.05) is 140 Å². The molecule has 0 saturated heterocycles. The molecule has 0 fully saturated rings. The Bertz CT molecular complexity index is 3170. The fraction of sp³-hybridized carbons (Fsp3) is 0. The summed E-state index contributed by atoms with van der Waals surface area (Å²) in [6.07, 6.45) is 0. The number of hydrogen-bond acceptors (Lipinski definition) is 3. The van der Waals surface area contributed by atoms with Gasteiger partial charge in [-0.25, -0.2) is 0 Å². The molecule has 248 valence electrons. The van der Waals surface area contributed by atoms with Gasteiger partial charge in [-0.05, 0) is 81.4 Å². The minimum absolute atomic E-state index is 0.898. The number of rotatable bonds is 5. The highest BCUT2D eigenvalue weighted by molar-refractivity contribution is 7.26. The van der Waals surface area contributed by atoms with E-state index in [0.717, 1.165) is 55.6 Å². The summed E-state index contributed by atoms with van der Waals surface area (Å²) >= 11 is 1.86. The largest absolute Gasteiger partial charge is 0.455 e. The lowest BCUT2D eigenvalue weighted by atomic mass is 9.94. The fourth-order valence-electron chi connectivity index (χ4n) is 8.27. The maximum absolute atomic E-state index is 6.61. The quantitative estimate of drug-likeness (QED) is 0.167. The minimum atomic E-state index is 0.898. The predicted octanol–water partition coefficient (Wildman–Crippen LogP) is 15.1. The number of hydrogen-bond donors (Lipinski definition) is 0. The van der Waals surface area contributed by atoms with Crippen molar-refractivity contribution in [3.05, 3.63) is 188 Å². The van der Waals surface area contributed by atoms with Gasteiger partial charge in [0.25, 0.3) is 0 Å². The summed E-state index contributed by atoms with van der Waals surface area (Å²) < 4.78 is 9.19. The van der Waals surface area contributed by atoms with Crippen LogP contribution in [0.15, 0.2) is 192 Å². The summed E-state index contributed by atoms with van der Waals surface area (Å²) in [4.78, 5) is 2.46. The first-order valence-electron chi connectivity index (χ1n) is 18.0. The molecule has 0 spiro atoms. The third-order valence-corrected chi connectivity index (χ3v) is 11.8. The zero-order valence-electron chi connectivity index (χ0n) is 28.7. The predicted molar refractivity (Wildman–Crippen MR) is 227 cm³/mol. The molecule has 9 aromatic carbocycles. The number of thiophene rings is 1. The standard InChI is InChI=1S/C50H31NOS/c1-2-12-32(13-3-1)38-31-30-37(48-41-16-6-8-21-45(41)52-50(38)48)34-24-27-35(28-25-34)51(44-20-11-23-47-49(44)42-17-7-9-22-46(42)53-47)43-19-10-18-39-36-15-5-4-14-33(36)26-29-40(39)43/h1-31H. The molecule has 0 radical (unpaired) electrons. The van der Waals surface area contributed by atoms with E-state index in [4.69, 9.17) is 4.42 Å². The van der Waals surface area contributed by atoms with Crippen LogP contribution in [-0.2, 0) is 0 Å². The van der Waals surface area contributed by atoms with Crippen molar-refractivity contribution in [2.75, 3.05) is 4.90 Å². The van der Waals surface area contributed by atoms with Gasteiger partial charge in [-0.3, -0.25) is 0 Å². The van der Waals surface area contributed by atoms with Gasteiger partial charge in [0.15, 0.2) is 0 Å².